The fraction of sp³-hybridized carbons (Fsp3) is 0.529. The molecule has 0 unspecified atom stereocenters. The molecule has 2 amide bonds. The summed E-state index contributed by atoms with van der Waals surface area (Å²) in [6.07, 6.45) is 7.29. The lowest BCUT2D eigenvalue weighted by molar-refractivity contribution is -0.129. The Kier molecular flexibility index (Phi) is 5.13. The fourth-order valence-electron chi connectivity index (χ4n) is 3.59. The summed E-state index contributed by atoms with van der Waals surface area (Å²) in [5.41, 5.74) is 5.50. The molecular formula is C17H23N3O2S. The van der Waals surface area contributed by atoms with Crippen LogP contribution in [0.15, 0.2) is 23.6 Å². The number of thiophene rings is 1. The fourth-order valence-corrected chi connectivity index (χ4v) is 4.21. The van der Waals surface area contributed by atoms with Gasteiger partial charge in [0.05, 0.1) is 6.04 Å². The van der Waals surface area contributed by atoms with Gasteiger partial charge in [0.1, 0.15) is 0 Å². The van der Waals surface area contributed by atoms with E-state index >= 15 is 0 Å². The summed E-state index contributed by atoms with van der Waals surface area (Å²) < 4.78 is 0. The maximum Gasteiger partial charge on any atom is 0.246 e. The van der Waals surface area contributed by atoms with Gasteiger partial charge < -0.3 is 10.6 Å². The van der Waals surface area contributed by atoms with Crippen LogP contribution in [-0.2, 0) is 9.59 Å². The van der Waals surface area contributed by atoms with E-state index in [0.29, 0.717) is 6.04 Å². The van der Waals surface area contributed by atoms with Gasteiger partial charge in [-0.2, -0.15) is 0 Å². The zero-order valence-electron chi connectivity index (χ0n) is 13.2. The van der Waals surface area contributed by atoms with Crippen molar-refractivity contribution in [2.24, 2.45) is 5.73 Å². The Morgan fingerprint density at radius 3 is 2.65 bits per heavy atom. The molecule has 2 N–H and O–H groups in total. The molecule has 6 heteroatoms. The Morgan fingerprint density at radius 2 is 2.00 bits per heavy atom. The minimum absolute atomic E-state index is 0.0738. The Balaban J connectivity index is 1.52. The van der Waals surface area contributed by atoms with Crippen molar-refractivity contribution >= 4 is 29.2 Å². The third kappa shape index (κ3) is 3.82. The minimum atomic E-state index is -0.208. The van der Waals surface area contributed by atoms with Crippen LogP contribution >= 0.6 is 11.3 Å². The van der Waals surface area contributed by atoms with Crippen molar-refractivity contribution in [2.45, 2.75) is 37.8 Å². The van der Waals surface area contributed by atoms with Crippen molar-refractivity contribution in [3.8, 4) is 0 Å². The van der Waals surface area contributed by atoms with E-state index in [1.54, 1.807) is 17.4 Å². The summed E-state index contributed by atoms with van der Waals surface area (Å²) in [5, 5.41) is 2.00. The molecule has 1 atom stereocenters. The van der Waals surface area contributed by atoms with Gasteiger partial charge in [-0.15, -0.1) is 11.3 Å². The molecule has 1 aromatic rings. The Hall–Kier alpha value is -1.66. The van der Waals surface area contributed by atoms with E-state index in [1.807, 2.05) is 28.5 Å². The molecule has 2 aliphatic rings. The predicted octanol–water partition coefficient (Wildman–Crippen LogP) is 1.70. The molecule has 3 heterocycles. The summed E-state index contributed by atoms with van der Waals surface area (Å²) >= 11 is 1.62. The van der Waals surface area contributed by atoms with Crippen molar-refractivity contribution in [3.05, 3.63) is 28.5 Å². The number of primary amides is 1. The summed E-state index contributed by atoms with van der Waals surface area (Å²) in [7, 11) is 0. The number of nitrogens with zero attached hydrogens (tertiary/aromatic N) is 2. The van der Waals surface area contributed by atoms with Gasteiger partial charge in [-0.1, -0.05) is 6.07 Å². The van der Waals surface area contributed by atoms with E-state index in [0.717, 1.165) is 50.2 Å². The van der Waals surface area contributed by atoms with Gasteiger partial charge in [-0.3, -0.25) is 14.5 Å². The first-order chi connectivity index (χ1) is 11.1. The van der Waals surface area contributed by atoms with E-state index in [9.17, 15) is 9.59 Å². The quantitative estimate of drug-likeness (QED) is 0.853. The first kappa shape index (κ1) is 16.2. The van der Waals surface area contributed by atoms with Crippen LogP contribution in [0, 0.1) is 0 Å². The molecule has 5 nitrogen and oxygen atoms in total. The second-order valence-corrected chi connectivity index (χ2v) is 7.18. The highest BCUT2D eigenvalue weighted by atomic mass is 32.1. The molecule has 0 aromatic carbocycles. The summed E-state index contributed by atoms with van der Waals surface area (Å²) in [5.74, 6) is -0.135. The highest BCUT2D eigenvalue weighted by Gasteiger charge is 2.35. The highest BCUT2D eigenvalue weighted by Crippen LogP contribution is 2.26. The first-order valence-corrected chi connectivity index (χ1v) is 9.08. The second-order valence-electron chi connectivity index (χ2n) is 6.20. The van der Waals surface area contributed by atoms with Crippen molar-refractivity contribution in [1.29, 1.82) is 0 Å². The molecule has 0 radical (unpaired) electrons. The molecule has 0 saturated carbocycles. The lowest BCUT2D eigenvalue weighted by Crippen LogP contribution is -2.51. The first-order valence-electron chi connectivity index (χ1n) is 8.20. The van der Waals surface area contributed by atoms with Crippen LogP contribution < -0.4 is 5.73 Å². The zero-order chi connectivity index (χ0) is 16.2. The molecule has 0 spiro atoms. The van der Waals surface area contributed by atoms with Crippen molar-refractivity contribution < 1.29 is 9.59 Å². The van der Waals surface area contributed by atoms with Gasteiger partial charge in [0.25, 0.3) is 0 Å². The highest BCUT2D eigenvalue weighted by molar-refractivity contribution is 7.10. The average molecular weight is 333 g/mol. The van der Waals surface area contributed by atoms with Gasteiger partial charge in [0.15, 0.2) is 0 Å². The number of hydrogen-bond acceptors (Lipinski definition) is 4. The van der Waals surface area contributed by atoms with Crippen LogP contribution in [0.4, 0.5) is 0 Å². The number of rotatable bonds is 4. The largest absolute Gasteiger partial charge is 0.368 e. The van der Waals surface area contributed by atoms with Crippen molar-refractivity contribution in [2.75, 3.05) is 19.6 Å². The smallest absolute Gasteiger partial charge is 0.246 e. The summed E-state index contributed by atoms with van der Waals surface area (Å²) in [6.45, 7) is 2.45. The Morgan fingerprint density at radius 1 is 1.22 bits per heavy atom. The normalized spacial score (nSPS) is 23.7. The molecular weight excluding hydrogens is 310 g/mol. The molecule has 124 valence electrons. The summed E-state index contributed by atoms with van der Waals surface area (Å²) in [6, 6.07) is 4.24. The molecule has 23 heavy (non-hydrogen) atoms. The number of amides is 2. The number of likely N-dealkylation sites (tertiary alicyclic amines) is 2. The van der Waals surface area contributed by atoms with Gasteiger partial charge >= 0.3 is 0 Å². The van der Waals surface area contributed by atoms with E-state index < -0.39 is 0 Å². The minimum Gasteiger partial charge on any atom is -0.368 e. The van der Waals surface area contributed by atoms with Crippen LogP contribution in [-0.4, -0.2) is 53.3 Å². The van der Waals surface area contributed by atoms with Crippen LogP contribution in [0.25, 0.3) is 6.08 Å². The molecule has 2 fully saturated rings. The van der Waals surface area contributed by atoms with Crippen molar-refractivity contribution in [1.82, 2.24) is 9.80 Å². The van der Waals surface area contributed by atoms with E-state index in [2.05, 4.69) is 4.90 Å². The average Bonchev–Trinajstić information content (AvgIpc) is 3.24. The Bertz CT molecular complexity index is 577. The molecule has 2 saturated heterocycles. The Labute approximate surface area is 140 Å². The number of nitrogens with two attached hydrogens (primary N) is 1. The number of hydrogen-bond donors (Lipinski definition) is 1. The van der Waals surface area contributed by atoms with Gasteiger partial charge in [-0.05, 0) is 49.8 Å². The van der Waals surface area contributed by atoms with E-state index in [1.165, 1.54) is 0 Å². The number of carbonyl (C=O) groups excluding carboxylic acids is 2. The van der Waals surface area contributed by atoms with Gasteiger partial charge in [0.2, 0.25) is 11.8 Å². The van der Waals surface area contributed by atoms with E-state index in [4.69, 9.17) is 5.73 Å². The van der Waals surface area contributed by atoms with E-state index in [-0.39, 0.29) is 17.9 Å². The van der Waals surface area contributed by atoms with Crippen LogP contribution in [0.1, 0.15) is 30.6 Å². The third-order valence-corrected chi connectivity index (χ3v) is 5.64. The molecule has 0 aliphatic carbocycles. The maximum atomic E-state index is 12.2. The van der Waals surface area contributed by atoms with Crippen LogP contribution in [0.2, 0.25) is 0 Å². The predicted molar refractivity (Wildman–Crippen MR) is 91.9 cm³/mol. The molecule has 1 aromatic heterocycles. The SMILES string of the molecule is NC(=O)[C@@H]1CCCN1C1CCN(C(=O)/C=C\c2cccs2)CC1. The molecule has 3 rings (SSSR count). The number of carbonyl (C=O) groups is 2. The van der Waals surface area contributed by atoms with Crippen molar-refractivity contribution in [3.63, 3.8) is 0 Å². The van der Waals surface area contributed by atoms with Gasteiger partial charge in [-0.25, -0.2) is 0 Å². The van der Waals surface area contributed by atoms with Crippen LogP contribution in [0.5, 0.6) is 0 Å². The third-order valence-electron chi connectivity index (χ3n) is 4.80. The zero-order valence-corrected chi connectivity index (χ0v) is 14.0. The maximum absolute atomic E-state index is 12.2. The second kappa shape index (κ2) is 7.27. The number of piperidine rings is 1. The van der Waals surface area contributed by atoms with Crippen LogP contribution in [0.3, 0.4) is 0 Å². The lowest BCUT2D eigenvalue weighted by Gasteiger charge is -2.38. The molecule has 0 bridgehead atoms. The lowest BCUT2D eigenvalue weighted by atomic mass is 10.0. The monoisotopic (exact) mass is 333 g/mol. The molecule has 2 aliphatic heterocycles. The topological polar surface area (TPSA) is 66.6 Å². The standard InChI is InChI=1S/C17H23N3O2S/c18-17(22)15-4-1-9-20(15)13-7-10-19(11-8-13)16(21)6-5-14-3-2-12-23-14/h2-3,5-6,12-13,15H,1,4,7-11H2,(H2,18,22)/b6-5-/t15-/m0/s1. The van der Waals surface area contributed by atoms with Gasteiger partial charge in [0, 0.05) is 30.1 Å². The summed E-state index contributed by atoms with van der Waals surface area (Å²) in [4.78, 5) is 29.0.